The van der Waals surface area contributed by atoms with Gasteiger partial charge in [-0.25, -0.2) is 0 Å². The maximum absolute atomic E-state index is 9.44. The van der Waals surface area contributed by atoms with Crippen LogP contribution in [0.25, 0.3) is 0 Å². The second-order valence-corrected chi connectivity index (χ2v) is 11.0. The van der Waals surface area contributed by atoms with Crippen molar-refractivity contribution >= 4 is 22.0 Å². The number of aliphatic hydroxyl groups excluding tert-OH is 1. The van der Waals surface area contributed by atoms with Gasteiger partial charge < -0.3 is 15.1 Å². The molecule has 0 spiro atoms. The number of thiophene rings is 1. The predicted molar refractivity (Wildman–Crippen MR) is 118 cm³/mol. The molecule has 1 heterocycles. The van der Waals surface area contributed by atoms with Crippen LogP contribution in [0.3, 0.4) is 0 Å². The molecule has 4 heteroatoms. The number of hydrogen-bond donors (Lipinski definition) is 2. The summed E-state index contributed by atoms with van der Waals surface area (Å²) in [5.74, 6) is 0.766. The SMILES string of the molecule is Cc1c(N(CC2CC2)c2ccc(C(O)O)cc2)sc2c1C(C)(C)CCC2(C)C. The monoisotopic (exact) mass is 399 g/mol. The molecule has 0 amide bonds. The van der Waals surface area contributed by atoms with Crippen LogP contribution >= 0.6 is 11.3 Å². The minimum atomic E-state index is -1.41. The van der Waals surface area contributed by atoms with Crippen molar-refractivity contribution in [3.8, 4) is 0 Å². The van der Waals surface area contributed by atoms with Gasteiger partial charge in [-0.15, -0.1) is 11.3 Å². The summed E-state index contributed by atoms with van der Waals surface area (Å²) in [4.78, 5) is 4.04. The smallest absolute Gasteiger partial charge is 0.178 e. The lowest BCUT2D eigenvalue weighted by Gasteiger charge is -2.39. The molecule has 28 heavy (non-hydrogen) atoms. The maximum Gasteiger partial charge on any atom is 0.178 e. The molecule has 0 saturated heterocycles. The maximum atomic E-state index is 9.44. The Labute approximate surface area is 173 Å². The van der Waals surface area contributed by atoms with E-state index < -0.39 is 6.29 Å². The van der Waals surface area contributed by atoms with Crippen LogP contribution in [0.2, 0.25) is 0 Å². The number of hydrogen-bond acceptors (Lipinski definition) is 4. The molecule has 0 aliphatic heterocycles. The summed E-state index contributed by atoms with van der Waals surface area (Å²) < 4.78 is 0. The van der Waals surface area contributed by atoms with E-state index in [0.717, 1.165) is 18.2 Å². The molecule has 2 aromatic rings. The minimum absolute atomic E-state index is 0.222. The standard InChI is InChI=1S/C24H33NO2S/c1-15-19-20(24(4,5)13-12-23(19,2)3)28-21(15)25(14-16-6-7-16)18-10-8-17(9-11-18)22(26)27/h8-11,16,22,26-27H,6-7,12-14H2,1-5H3. The third-order valence-corrected chi connectivity index (χ3v) is 8.35. The van der Waals surface area contributed by atoms with Crippen molar-refractivity contribution in [1.82, 2.24) is 0 Å². The summed E-state index contributed by atoms with van der Waals surface area (Å²) in [6.45, 7) is 12.9. The zero-order valence-electron chi connectivity index (χ0n) is 17.7. The molecule has 2 aliphatic carbocycles. The fraction of sp³-hybridized carbons (Fsp3) is 0.583. The summed E-state index contributed by atoms with van der Waals surface area (Å²) in [5, 5.41) is 20.3. The van der Waals surface area contributed by atoms with Crippen molar-refractivity contribution in [2.24, 2.45) is 5.92 Å². The number of anilines is 2. The van der Waals surface area contributed by atoms with E-state index in [2.05, 4.69) is 39.5 Å². The molecule has 1 fully saturated rings. The lowest BCUT2D eigenvalue weighted by atomic mass is 9.66. The first-order chi connectivity index (χ1) is 13.1. The van der Waals surface area contributed by atoms with Crippen molar-refractivity contribution in [2.45, 2.75) is 77.4 Å². The van der Waals surface area contributed by atoms with Crippen molar-refractivity contribution < 1.29 is 10.2 Å². The van der Waals surface area contributed by atoms with E-state index in [1.54, 1.807) is 10.4 Å². The van der Waals surface area contributed by atoms with Gasteiger partial charge in [0.25, 0.3) is 0 Å². The number of benzene rings is 1. The van der Waals surface area contributed by atoms with Gasteiger partial charge in [0.2, 0.25) is 0 Å². The number of nitrogens with zero attached hydrogens (tertiary/aromatic N) is 1. The molecule has 0 radical (unpaired) electrons. The molecule has 2 N–H and O–H groups in total. The number of aliphatic hydroxyl groups is 2. The van der Waals surface area contributed by atoms with Gasteiger partial charge in [-0.2, -0.15) is 0 Å². The molecule has 1 aromatic carbocycles. The Morgan fingerprint density at radius 3 is 2.18 bits per heavy atom. The molecule has 3 nitrogen and oxygen atoms in total. The Morgan fingerprint density at radius 2 is 1.64 bits per heavy atom. The van der Waals surface area contributed by atoms with Gasteiger partial charge in [0, 0.05) is 22.7 Å². The average Bonchev–Trinajstić information content (AvgIpc) is 3.38. The van der Waals surface area contributed by atoms with E-state index in [0.29, 0.717) is 5.56 Å². The highest BCUT2D eigenvalue weighted by Crippen LogP contribution is 2.54. The van der Waals surface area contributed by atoms with Gasteiger partial charge in [0.15, 0.2) is 6.29 Å². The third kappa shape index (κ3) is 3.51. The Balaban J connectivity index is 1.80. The quantitative estimate of drug-likeness (QED) is 0.612. The number of rotatable bonds is 5. The Bertz CT molecular complexity index is 859. The Morgan fingerprint density at radius 1 is 1.04 bits per heavy atom. The zero-order valence-corrected chi connectivity index (χ0v) is 18.6. The molecule has 4 rings (SSSR count). The molecule has 0 atom stereocenters. The summed E-state index contributed by atoms with van der Waals surface area (Å²) >= 11 is 1.98. The van der Waals surface area contributed by atoms with Gasteiger partial charge in [-0.3, -0.25) is 0 Å². The van der Waals surface area contributed by atoms with Crippen LogP contribution < -0.4 is 4.90 Å². The summed E-state index contributed by atoms with van der Waals surface area (Å²) in [6, 6.07) is 7.73. The van der Waals surface area contributed by atoms with Crippen LogP contribution in [0.4, 0.5) is 10.7 Å². The van der Waals surface area contributed by atoms with Crippen LogP contribution in [-0.2, 0) is 10.8 Å². The van der Waals surface area contributed by atoms with E-state index in [9.17, 15) is 10.2 Å². The van der Waals surface area contributed by atoms with Gasteiger partial charge >= 0.3 is 0 Å². The molecular weight excluding hydrogens is 366 g/mol. The first kappa shape index (κ1) is 19.9. The van der Waals surface area contributed by atoms with Crippen LogP contribution in [0, 0.1) is 12.8 Å². The van der Waals surface area contributed by atoms with E-state index in [4.69, 9.17) is 0 Å². The lowest BCUT2D eigenvalue weighted by Crippen LogP contribution is -2.32. The molecule has 2 aliphatic rings. The summed E-state index contributed by atoms with van der Waals surface area (Å²) in [7, 11) is 0. The predicted octanol–water partition coefficient (Wildman–Crippen LogP) is 5.94. The highest BCUT2D eigenvalue weighted by molar-refractivity contribution is 7.16. The van der Waals surface area contributed by atoms with Crippen LogP contribution in [0.1, 0.15) is 81.2 Å². The third-order valence-electron chi connectivity index (χ3n) is 6.67. The molecule has 1 saturated carbocycles. The second-order valence-electron chi connectivity index (χ2n) is 10.0. The van der Waals surface area contributed by atoms with Gasteiger partial charge in [0.05, 0.1) is 5.00 Å². The van der Waals surface area contributed by atoms with Gasteiger partial charge in [-0.1, -0.05) is 39.8 Å². The Hall–Kier alpha value is -1.36. The molecular formula is C24H33NO2S. The largest absolute Gasteiger partial charge is 0.364 e. The average molecular weight is 400 g/mol. The highest BCUT2D eigenvalue weighted by Gasteiger charge is 2.41. The normalized spacial score (nSPS) is 20.3. The van der Waals surface area contributed by atoms with Crippen molar-refractivity contribution in [3.05, 3.63) is 45.8 Å². The molecule has 1 aromatic heterocycles. The van der Waals surface area contributed by atoms with Crippen LogP contribution in [-0.4, -0.2) is 16.8 Å². The molecule has 0 unspecified atom stereocenters. The first-order valence-corrected chi connectivity index (χ1v) is 11.3. The van der Waals surface area contributed by atoms with Crippen LogP contribution in [0.5, 0.6) is 0 Å². The fourth-order valence-corrected chi connectivity index (χ4v) is 6.25. The molecule has 0 bridgehead atoms. The zero-order chi connectivity index (χ0) is 20.3. The summed E-state index contributed by atoms with van der Waals surface area (Å²) in [6.07, 6.45) is 3.67. The lowest BCUT2D eigenvalue weighted by molar-refractivity contribution is -0.0424. The Kier molecular flexibility index (Phi) is 4.88. The van der Waals surface area contributed by atoms with Crippen molar-refractivity contribution in [1.29, 1.82) is 0 Å². The van der Waals surface area contributed by atoms with Crippen LogP contribution in [0.15, 0.2) is 24.3 Å². The van der Waals surface area contributed by atoms with E-state index in [1.165, 1.54) is 36.2 Å². The minimum Gasteiger partial charge on any atom is -0.364 e. The first-order valence-electron chi connectivity index (χ1n) is 10.5. The fourth-order valence-electron chi connectivity index (χ4n) is 4.60. The summed E-state index contributed by atoms with van der Waals surface area (Å²) in [5.41, 5.74) is 5.14. The van der Waals surface area contributed by atoms with Crippen molar-refractivity contribution in [3.63, 3.8) is 0 Å². The highest BCUT2D eigenvalue weighted by atomic mass is 32.1. The van der Waals surface area contributed by atoms with Gasteiger partial charge in [-0.05, 0) is 72.6 Å². The van der Waals surface area contributed by atoms with E-state index >= 15 is 0 Å². The van der Waals surface area contributed by atoms with Gasteiger partial charge in [0.1, 0.15) is 0 Å². The van der Waals surface area contributed by atoms with Crippen molar-refractivity contribution in [2.75, 3.05) is 11.4 Å². The topological polar surface area (TPSA) is 43.7 Å². The second kappa shape index (κ2) is 6.86. The number of fused-ring (bicyclic) bond motifs is 1. The molecule has 152 valence electrons. The van der Waals surface area contributed by atoms with E-state index in [-0.39, 0.29) is 10.8 Å². The van der Waals surface area contributed by atoms with E-state index in [1.807, 2.05) is 35.6 Å².